The number of amides is 2. The van der Waals surface area contributed by atoms with Crippen molar-refractivity contribution in [3.8, 4) is 0 Å². The summed E-state index contributed by atoms with van der Waals surface area (Å²) in [4.78, 5) is 13.8. The van der Waals surface area contributed by atoms with Gasteiger partial charge >= 0.3 is 6.03 Å². The molecule has 1 aliphatic rings. The molecule has 7 heteroatoms. The molecule has 1 aliphatic heterocycles. The first kappa shape index (κ1) is 16.2. The quantitative estimate of drug-likeness (QED) is 0.751. The lowest BCUT2D eigenvalue weighted by Gasteiger charge is -2.28. The number of urea groups is 1. The van der Waals surface area contributed by atoms with Crippen molar-refractivity contribution in [3.05, 3.63) is 0 Å². The second-order valence-corrected chi connectivity index (χ2v) is 8.56. The average molecular weight is 291 g/mol. The Labute approximate surface area is 115 Å². The Hall–Kier alpha value is -0.820. The highest BCUT2D eigenvalue weighted by atomic mass is 32.2. The van der Waals surface area contributed by atoms with Crippen molar-refractivity contribution >= 4 is 15.9 Å². The predicted molar refractivity (Wildman–Crippen MR) is 75.9 cm³/mol. The van der Waals surface area contributed by atoms with Crippen LogP contribution in [-0.2, 0) is 9.84 Å². The molecular weight excluding hydrogens is 266 g/mol. The largest absolute Gasteiger partial charge is 0.338 e. The Morgan fingerprint density at radius 3 is 2.47 bits per heavy atom. The molecule has 19 heavy (non-hydrogen) atoms. The van der Waals surface area contributed by atoms with Crippen molar-refractivity contribution < 1.29 is 13.2 Å². The van der Waals surface area contributed by atoms with E-state index < -0.39 is 9.84 Å². The summed E-state index contributed by atoms with van der Waals surface area (Å²) in [7, 11) is 1.03. The highest BCUT2D eigenvalue weighted by Gasteiger charge is 2.29. The summed E-state index contributed by atoms with van der Waals surface area (Å²) in [6.45, 7) is 5.57. The first-order valence-corrected chi connectivity index (χ1v) is 8.31. The van der Waals surface area contributed by atoms with Gasteiger partial charge in [-0.25, -0.2) is 13.2 Å². The second kappa shape index (κ2) is 6.09. The van der Waals surface area contributed by atoms with Crippen molar-refractivity contribution in [2.45, 2.75) is 26.3 Å². The number of sulfone groups is 1. The molecule has 1 atom stereocenters. The number of carbonyl (C=O) groups is 1. The van der Waals surface area contributed by atoms with E-state index in [1.54, 1.807) is 0 Å². The number of rotatable bonds is 5. The lowest BCUT2D eigenvalue weighted by atomic mass is 9.93. The molecular formula is C12H25N3O3S. The summed E-state index contributed by atoms with van der Waals surface area (Å²) >= 11 is 0. The van der Waals surface area contributed by atoms with Crippen LogP contribution < -0.4 is 10.6 Å². The third kappa shape index (κ3) is 6.24. The minimum atomic E-state index is -2.95. The Balaban J connectivity index is 2.32. The summed E-state index contributed by atoms with van der Waals surface area (Å²) in [5.74, 6) is 0.228. The van der Waals surface area contributed by atoms with Crippen LogP contribution in [0, 0.1) is 5.41 Å². The van der Waals surface area contributed by atoms with Gasteiger partial charge in [-0.05, 0) is 25.9 Å². The van der Waals surface area contributed by atoms with Gasteiger partial charge in [-0.3, -0.25) is 0 Å². The number of nitrogens with one attached hydrogen (secondary N) is 2. The van der Waals surface area contributed by atoms with E-state index in [1.165, 1.54) is 0 Å². The first-order valence-electron chi connectivity index (χ1n) is 6.49. The molecule has 0 spiro atoms. The normalized spacial score (nSPS) is 22.5. The molecule has 2 amide bonds. The molecule has 0 radical (unpaired) electrons. The molecule has 0 saturated carbocycles. The molecule has 2 N–H and O–H groups in total. The van der Waals surface area contributed by atoms with Crippen molar-refractivity contribution in [2.24, 2.45) is 5.41 Å². The zero-order valence-corrected chi connectivity index (χ0v) is 13.0. The van der Waals surface area contributed by atoms with Crippen molar-refractivity contribution in [3.63, 3.8) is 0 Å². The Morgan fingerprint density at radius 1 is 1.37 bits per heavy atom. The van der Waals surface area contributed by atoms with Gasteiger partial charge in [-0.15, -0.1) is 0 Å². The van der Waals surface area contributed by atoms with E-state index in [1.807, 2.05) is 14.1 Å². The van der Waals surface area contributed by atoms with Crippen molar-refractivity contribution in [1.82, 2.24) is 15.5 Å². The molecule has 1 unspecified atom stereocenters. The third-order valence-corrected chi connectivity index (χ3v) is 4.81. The molecule has 112 valence electrons. The van der Waals surface area contributed by atoms with Crippen LogP contribution in [0.1, 0.15) is 20.3 Å². The molecule has 6 nitrogen and oxygen atoms in total. The molecule has 1 heterocycles. The lowest BCUT2D eigenvalue weighted by molar-refractivity contribution is 0.214. The van der Waals surface area contributed by atoms with Gasteiger partial charge in [0.25, 0.3) is 0 Å². The maximum atomic E-state index is 11.7. The van der Waals surface area contributed by atoms with Crippen molar-refractivity contribution in [2.75, 3.05) is 38.7 Å². The van der Waals surface area contributed by atoms with Crippen LogP contribution >= 0.6 is 0 Å². The minimum Gasteiger partial charge on any atom is -0.338 e. The number of hydrogen-bond acceptors (Lipinski definition) is 4. The van der Waals surface area contributed by atoms with E-state index in [9.17, 15) is 13.2 Å². The van der Waals surface area contributed by atoms with Gasteiger partial charge in [0.1, 0.15) is 0 Å². The average Bonchev–Trinajstić information content (AvgIpc) is 2.53. The van der Waals surface area contributed by atoms with E-state index >= 15 is 0 Å². The maximum absolute atomic E-state index is 11.7. The van der Waals surface area contributed by atoms with Gasteiger partial charge in [-0.1, -0.05) is 13.8 Å². The van der Waals surface area contributed by atoms with Crippen LogP contribution in [0.5, 0.6) is 0 Å². The molecule has 0 bridgehead atoms. The summed E-state index contributed by atoms with van der Waals surface area (Å²) in [6.07, 6.45) is 0.511. The highest BCUT2D eigenvalue weighted by molar-refractivity contribution is 7.91. The molecule has 0 aromatic rings. The zero-order valence-electron chi connectivity index (χ0n) is 12.2. The molecule has 1 saturated heterocycles. The minimum absolute atomic E-state index is 0.0252. The van der Waals surface area contributed by atoms with Crippen LogP contribution in [0.4, 0.5) is 4.79 Å². The van der Waals surface area contributed by atoms with Crippen LogP contribution in [0.15, 0.2) is 0 Å². The van der Waals surface area contributed by atoms with E-state index in [4.69, 9.17) is 0 Å². The second-order valence-electron chi connectivity index (χ2n) is 6.33. The van der Waals surface area contributed by atoms with Gasteiger partial charge in [0.05, 0.1) is 11.5 Å². The van der Waals surface area contributed by atoms with Gasteiger partial charge in [0.15, 0.2) is 9.84 Å². The van der Waals surface area contributed by atoms with E-state index in [-0.39, 0.29) is 29.0 Å². The van der Waals surface area contributed by atoms with Gasteiger partial charge in [0, 0.05) is 19.1 Å². The summed E-state index contributed by atoms with van der Waals surface area (Å²) in [5.41, 5.74) is -0.0252. The smallest absolute Gasteiger partial charge is 0.315 e. The number of nitrogens with zero attached hydrogens (tertiary/aromatic N) is 1. The molecule has 0 aliphatic carbocycles. The van der Waals surface area contributed by atoms with E-state index in [0.29, 0.717) is 13.0 Å². The fourth-order valence-corrected chi connectivity index (χ4v) is 4.05. The Bertz CT molecular complexity index is 418. The van der Waals surface area contributed by atoms with Gasteiger partial charge in [0.2, 0.25) is 0 Å². The zero-order chi connectivity index (χ0) is 14.7. The summed E-state index contributed by atoms with van der Waals surface area (Å²) < 4.78 is 22.6. The number of carbonyl (C=O) groups excluding carboxylic acids is 1. The highest BCUT2D eigenvalue weighted by Crippen LogP contribution is 2.14. The van der Waals surface area contributed by atoms with Gasteiger partial charge in [-0.2, -0.15) is 0 Å². The standard InChI is InChI=1S/C12H25N3O3S/c1-12(2,9-15(3)4)8-13-11(16)14-10-5-6-19(17,18)7-10/h10H,5-9H2,1-4H3,(H2,13,14,16). The molecule has 1 rings (SSSR count). The fourth-order valence-electron chi connectivity index (χ4n) is 2.38. The number of hydrogen-bond donors (Lipinski definition) is 2. The first-order chi connectivity index (χ1) is 8.60. The van der Waals surface area contributed by atoms with Crippen LogP contribution in [-0.4, -0.2) is 64.1 Å². The predicted octanol–water partition coefficient (Wildman–Crippen LogP) is 0.0605. The fraction of sp³-hybridized carbons (Fsp3) is 0.917. The SMILES string of the molecule is CN(C)CC(C)(C)CNC(=O)NC1CCS(=O)(=O)C1. The summed E-state index contributed by atoms with van der Waals surface area (Å²) in [5, 5.41) is 5.53. The molecule has 1 fully saturated rings. The molecule has 0 aromatic heterocycles. The lowest BCUT2D eigenvalue weighted by Crippen LogP contribution is -2.47. The van der Waals surface area contributed by atoms with Crippen LogP contribution in [0.2, 0.25) is 0 Å². The van der Waals surface area contributed by atoms with E-state index in [2.05, 4.69) is 29.4 Å². The van der Waals surface area contributed by atoms with Crippen molar-refractivity contribution in [1.29, 1.82) is 0 Å². The monoisotopic (exact) mass is 291 g/mol. The topological polar surface area (TPSA) is 78.5 Å². The van der Waals surface area contributed by atoms with E-state index in [0.717, 1.165) is 6.54 Å². The van der Waals surface area contributed by atoms with Gasteiger partial charge < -0.3 is 15.5 Å². The summed E-state index contributed by atoms with van der Waals surface area (Å²) in [6, 6.07) is -0.532. The third-order valence-electron chi connectivity index (χ3n) is 3.04. The Morgan fingerprint density at radius 2 is 2.00 bits per heavy atom. The Kier molecular flexibility index (Phi) is 5.20. The maximum Gasteiger partial charge on any atom is 0.315 e. The van der Waals surface area contributed by atoms with Crippen LogP contribution in [0.3, 0.4) is 0 Å². The molecule has 0 aromatic carbocycles. The van der Waals surface area contributed by atoms with Crippen LogP contribution in [0.25, 0.3) is 0 Å².